The molecule has 10 heteroatoms. The van der Waals surface area contributed by atoms with Gasteiger partial charge >= 0.3 is 5.97 Å². The van der Waals surface area contributed by atoms with Gasteiger partial charge in [0.05, 0.1) is 34.4 Å². The summed E-state index contributed by atoms with van der Waals surface area (Å²) in [5.74, 6) is 1.93. The van der Waals surface area contributed by atoms with Crippen LogP contribution in [0.3, 0.4) is 0 Å². The highest BCUT2D eigenvalue weighted by molar-refractivity contribution is 5.73. The molecule has 2 aromatic carbocycles. The van der Waals surface area contributed by atoms with Crippen molar-refractivity contribution in [2.45, 2.75) is 13.3 Å². The van der Waals surface area contributed by atoms with Crippen molar-refractivity contribution in [3.63, 3.8) is 0 Å². The van der Waals surface area contributed by atoms with Crippen molar-refractivity contribution in [3.05, 3.63) is 48.3 Å². The van der Waals surface area contributed by atoms with Crippen LogP contribution in [0.2, 0.25) is 0 Å². The van der Waals surface area contributed by atoms with Crippen LogP contribution in [0.1, 0.15) is 12.5 Å². The van der Waals surface area contributed by atoms with E-state index < -0.39 is 0 Å². The topological polar surface area (TPSA) is 117 Å². The minimum absolute atomic E-state index is 0.225. The summed E-state index contributed by atoms with van der Waals surface area (Å²) in [6.07, 6.45) is 1.62. The Morgan fingerprint density at radius 3 is 2.00 bits per heavy atom. The summed E-state index contributed by atoms with van der Waals surface area (Å²) in [6.45, 7) is 2.15. The number of ether oxygens (including phenoxy) is 4. The largest absolute Gasteiger partial charge is 0.493 e. The third-order valence-corrected chi connectivity index (χ3v) is 4.36. The fraction of sp³-hybridized carbons (Fsp3) is 0.273. The number of rotatable bonds is 10. The second kappa shape index (κ2) is 10.8. The molecule has 1 heterocycles. The first-order valence-corrected chi connectivity index (χ1v) is 9.84. The first-order valence-electron chi connectivity index (χ1n) is 9.84. The van der Waals surface area contributed by atoms with E-state index in [4.69, 9.17) is 18.9 Å². The zero-order valence-corrected chi connectivity index (χ0v) is 18.3. The van der Waals surface area contributed by atoms with Crippen LogP contribution >= 0.6 is 0 Å². The van der Waals surface area contributed by atoms with Gasteiger partial charge < -0.3 is 29.6 Å². The van der Waals surface area contributed by atoms with Crippen LogP contribution in [0.15, 0.2) is 42.7 Å². The van der Waals surface area contributed by atoms with Crippen molar-refractivity contribution < 1.29 is 23.7 Å². The molecular formula is C22H25N5O5. The average Bonchev–Trinajstić information content (AvgIpc) is 2.80. The van der Waals surface area contributed by atoms with Gasteiger partial charge in [-0.05, 0) is 24.6 Å². The maximum absolute atomic E-state index is 11.6. The minimum atomic E-state index is -0.256. The lowest BCUT2D eigenvalue weighted by molar-refractivity contribution is -0.142. The molecule has 0 saturated heterocycles. The van der Waals surface area contributed by atoms with Gasteiger partial charge in [0, 0.05) is 23.5 Å². The zero-order valence-electron chi connectivity index (χ0n) is 18.3. The molecule has 0 spiro atoms. The van der Waals surface area contributed by atoms with E-state index in [1.165, 1.54) is 6.33 Å². The molecule has 3 aromatic rings. The molecule has 0 fully saturated rings. The molecule has 0 aliphatic carbocycles. The molecule has 0 aliphatic rings. The maximum atomic E-state index is 11.6. The number of benzene rings is 2. The molecule has 10 nitrogen and oxygen atoms in total. The van der Waals surface area contributed by atoms with Crippen molar-refractivity contribution in [1.29, 1.82) is 0 Å². The Bertz CT molecular complexity index is 1030. The number of anilines is 4. The Morgan fingerprint density at radius 2 is 1.47 bits per heavy atom. The molecular weight excluding hydrogens is 414 g/mol. The van der Waals surface area contributed by atoms with Gasteiger partial charge in [0.15, 0.2) is 11.5 Å². The van der Waals surface area contributed by atoms with E-state index in [9.17, 15) is 4.79 Å². The molecule has 3 rings (SSSR count). The lowest BCUT2D eigenvalue weighted by Crippen LogP contribution is -2.07. The summed E-state index contributed by atoms with van der Waals surface area (Å²) in [5, 5.41) is 6.22. The molecule has 0 saturated carbocycles. The van der Waals surface area contributed by atoms with Crippen LogP contribution < -0.4 is 24.8 Å². The van der Waals surface area contributed by atoms with E-state index in [-0.39, 0.29) is 12.4 Å². The normalized spacial score (nSPS) is 10.2. The van der Waals surface area contributed by atoms with E-state index in [0.717, 1.165) is 11.3 Å². The van der Waals surface area contributed by atoms with Gasteiger partial charge in [0.2, 0.25) is 17.6 Å². The molecule has 2 N–H and O–H groups in total. The molecule has 0 bridgehead atoms. The highest BCUT2D eigenvalue weighted by atomic mass is 16.5. The van der Waals surface area contributed by atoms with Gasteiger partial charge in [-0.3, -0.25) is 4.79 Å². The number of esters is 1. The molecule has 0 unspecified atom stereocenters. The average molecular weight is 439 g/mol. The number of nitrogens with one attached hydrogen (secondary N) is 2. The Morgan fingerprint density at radius 1 is 0.875 bits per heavy atom. The van der Waals surface area contributed by atoms with E-state index in [0.29, 0.717) is 41.4 Å². The number of nitrogens with zero attached hydrogens (tertiary/aromatic N) is 3. The van der Waals surface area contributed by atoms with E-state index >= 15 is 0 Å². The van der Waals surface area contributed by atoms with Crippen molar-refractivity contribution in [2.24, 2.45) is 0 Å². The third kappa shape index (κ3) is 5.75. The van der Waals surface area contributed by atoms with Gasteiger partial charge in [-0.1, -0.05) is 12.1 Å². The lowest BCUT2D eigenvalue weighted by Gasteiger charge is -2.14. The van der Waals surface area contributed by atoms with Crippen LogP contribution in [0.5, 0.6) is 17.2 Å². The van der Waals surface area contributed by atoms with Crippen LogP contribution in [-0.4, -0.2) is 48.9 Å². The van der Waals surface area contributed by atoms with Gasteiger partial charge in [-0.2, -0.15) is 4.98 Å². The Balaban J connectivity index is 1.71. The van der Waals surface area contributed by atoms with E-state index in [1.54, 1.807) is 40.4 Å². The van der Waals surface area contributed by atoms with Crippen molar-refractivity contribution in [3.8, 4) is 17.2 Å². The summed E-state index contributed by atoms with van der Waals surface area (Å²) >= 11 is 0. The number of methoxy groups -OCH3 is 3. The second-order valence-corrected chi connectivity index (χ2v) is 6.48. The number of hydrogen-bond acceptors (Lipinski definition) is 10. The van der Waals surface area contributed by atoms with Crippen molar-refractivity contribution in [2.75, 3.05) is 38.6 Å². The van der Waals surface area contributed by atoms with E-state index in [1.807, 2.05) is 24.3 Å². The fourth-order valence-electron chi connectivity index (χ4n) is 2.91. The Hall–Kier alpha value is -4.08. The standard InChI is InChI=1S/C22H25N5O5/c1-5-32-19(28)10-14-6-8-15(9-7-14)25-21-23-13-24-22(27-21)26-16-11-17(29-2)20(31-4)18(12-16)30-3/h6-9,11-13H,5,10H2,1-4H3,(H2,23,24,25,26,27). The van der Waals surface area contributed by atoms with Gasteiger partial charge in [-0.15, -0.1) is 0 Å². The van der Waals surface area contributed by atoms with Gasteiger partial charge in [-0.25, -0.2) is 9.97 Å². The number of carbonyl (C=O) groups excluding carboxylic acids is 1. The van der Waals surface area contributed by atoms with Gasteiger partial charge in [0.1, 0.15) is 6.33 Å². The Labute approximate surface area is 185 Å². The maximum Gasteiger partial charge on any atom is 0.310 e. The monoisotopic (exact) mass is 439 g/mol. The zero-order chi connectivity index (χ0) is 22.9. The highest BCUT2D eigenvalue weighted by Crippen LogP contribution is 2.40. The van der Waals surface area contributed by atoms with E-state index in [2.05, 4.69) is 25.6 Å². The number of carbonyl (C=O) groups is 1. The third-order valence-electron chi connectivity index (χ3n) is 4.36. The molecule has 32 heavy (non-hydrogen) atoms. The van der Waals surface area contributed by atoms with Crippen LogP contribution in [0.25, 0.3) is 0 Å². The summed E-state index contributed by atoms with van der Waals surface area (Å²) < 4.78 is 21.0. The minimum Gasteiger partial charge on any atom is -0.493 e. The highest BCUT2D eigenvalue weighted by Gasteiger charge is 2.14. The SMILES string of the molecule is CCOC(=O)Cc1ccc(Nc2ncnc(Nc3cc(OC)c(OC)c(OC)c3)n2)cc1. The van der Waals surface area contributed by atoms with Crippen LogP contribution in [0.4, 0.5) is 23.3 Å². The quantitative estimate of drug-likeness (QED) is 0.455. The summed E-state index contributed by atoms with van der Waals surface area (Å²) in [7, 11) is 4.63. The number of hydrogen-bond donors (Lipinski definition) is 2. The molecule has 0 atom stereocenters. The lowest BCUT2D eigenvalue weighted by atomic mass is 10.1. The Kier molecular flexibility index (Phi) is 7.63. The summed E-state index contributed by atoms with van der Waals surface area (Å²) in [6, 6.07) is 10.9. The predicted octanol–water partition coefficient (Wildman–Crippen LogP) is 3.49. The molecule has 0 radical (unpaired) electrons. The first-order chi connectivity index (χ1) is 15.6. The fourth-order valence-corrected chi connectivity index (χ4v) is 2.91. The molecule has 1 aromatic heterocycles. The second-order valence-electron chi connectivity index (χ2n) is 6.48. The van der Waals surface area contributed by atoms with Gasteiger partial charge in [0.25, 0.3) is 0 Å². The molecule has 0 aliphatic heterocycles. The molecule has 0 amide bonds. The smallest absolute Gasteiger partial charge is 0.310 e. The molecule has 168 valence electrons. The van der Waals surface area contributed by atoms with Crippen LogP contribution in [0, 0.1) is 0 Å². The summed E-state index contributed by atoms with van der Waals surface area (Å²) in [5.41, 5.74) is 2.27. The summed E-state index contributed by atoms with van der Waals surface area (Å²) in [4.78, 5) is 24.3. The van der Waals surface area contributed by atoms with Crippen molar-refractivity contribution >= 4 is 29.2 Å². The van der Waals surface area contributed by atoms with Crippen molar-refractivity contribution in [1.82, 2.24) is 15.0 Å². The number of aromatic nitrogens is 3. The first kappa shape index (κ1) is 22.6. The van der Waals surface area contributed by atoms with Crippen LogP contribution in [-0.2, 0) is 16.0 Å². The predicted molar refractivity (Wildman–Crippen MR) is 119 cm³/mol.